The normalized spacial score (nSPS) is 12.7. The van der Waals surface area contributed by atoms with Crippen molar-refractivity contribution in [2.24, 2.45) is 5.73 Å². The number of nitrogens with two attached hydrogens (primary N) is 1. The lowest BCUT2D eigenvalue weighted by molar-refractivity contribution is -0.141. The lowest BCUT2D eigenvalue weighted by Gasteiger charge is -2.15. The first-order valence-electron chi connectivity index (χ1n) is 7.84. The zero-order chi connectivity index (χ0) is 20.6. The summed E-state index contributed by atoms with van der Waals surface area (Å²) >= 11 is 0.980. The number of carbonyl (C=O) groups is 4. The van der Waals surface area contributed by atoms with Gasteiger partial charge in [-0.05, 0) is 24.6 Å². The average molecular weight is 399 g/mol. The van der Waals surface area contributed by atoms with E-state index in [2.05, 4.69) is 10.6 Å². The number of nitrogens with one attached hydrogen (secondary N) is 2. The van der Waals surface area contributed by atoms with Crippen molar-refractivity contribution in [3.8, 4) is 5.75 Å². The van der Waals surface area contributed by atoms with E-state index in [1.165, 1.54) is 25.1 Å². The van der Waals surface area contributed by atoms with Crippen LogP contribution in [-0.4, -0.2) is 56.9 Å². The molecule has 0 spiro atoms. The second kappa shape index (κ2) is 10.4. The van der Waals surface area contributed by atoms with Gasteiger partial charge in [0.15, 0.2) is 0 Å². The third kappa shape index (κ3) is 7.96. The zero-order valence-corrected chi connectivity index (χ0v) is 15.3. The number of amides is 2. The minimum absolute atomic E-state index is 0.0941. The highest BCUT2D eigenvalue weighted by Gasteiger charge is 2.22. The molecule has 7 N–H and O–H groups in total. The van der Waals surface area contributed by atoms with Gasteiger partial charge < -0.3 is 31.7 Å². The molecule has 0 aliphatic heterocycles. The predicted octanol–water partition coefficient (Wildman–Crippen LogP) is 0.204. The van der Waals surface area contributed by atoms with Crippen molar-refractivity contribution in [2.75, 3.05) is 11.1 Å². The van der Waals surface area contributed by atoms with Gasteiger partial charge in [-0.1, -0.05) is 0 Å². The molecular weight excluding hydrogens is 378 g/mol. The van der Waals surface area contributed by atoms with Crippen LogP contribution in [0.4, 0.5) is 5.69 Å². The second-order valence-electron chi connectivity index (χ2n) is 5.62. The van der Waals surface area contributed by atoms with Crippen molar-refractivity contribution >= 4 is 41.2 Å². The number of aliphatic carboxylic acids is 2. The number of aromatic hydroxyl groups is 1. The summed E-state index contributed by atoms with van der Waals surface area (Å²) in [5.41, 5.74) is 5.73. The maximum Gasteiger partial charge on any atom is 0.327 e. The van der Waals surface area contributed by atoms with E-state index in [9.17, 15) is 29.4 Å². The van der Waals surface area contributed by atoms with E-state index in [0.29, 0.717) is 10.6 Å². The lowest BCUT2D eigenvalue weighted by Crippen LogP contribution is -2.43. The van der Waals surface area contributed by atoms with Gasteiger partial charge in [0.05, 0.1) is 4.90 Å². The number of benzene rings is 1. The van der Waals surface area contributed by atoms with E-state index >= 15 is 0 Å². The Hall–Kier alpha value is -2.79. The summed E-state index contributed by atoms with van der Waals surface area (Å²) in [7, 11) is 0. The fourth-order valence-electron chi connectivity index (χ4n) is 1.94. The summed E-state index contributed by atoms with van der Waals surface area (Å²) in [6.45, 7) is 1.33. The van der Waals surface area contributed by atoms with Crippen molar-refractivity contribution in [3.63, 3.8) is 0 Å². The van der Waals surface area contributed by atoms with Crippen LogP contribution in [0.3, 0.4) is 0 Å². The topological polar surface area (TPSA) is 179 Å². The van der Waals surface area contributed by atoms with Gasteiger partial charge in [-0.15, -0.1) is 11.8 Å². The molecule has 0 unspecified atom stereocenters. The number of carboxylic acids is 2. The maximum atomic E-state index is 11.8. The van der Waals surface area contributed by atoms with Gasteiger partial charge >= 0.3 is 11.9 Å². The van der Waals surface area contributed by atoms with Crippen LogP contribution in [0.2, 0.25) is 0 Å². The molecule has 0 saturated carbocycles. The van der Waals surface area contributed by atoms with Gasteiger partial charge in [-0.2, -0.15) is 0 Å². The van der Waals surface area contributed by atoms with E-state index in [1.807, 2.05) is 0 Å². The van der Waals surface area contributed by atoms with Crippen molar-refractivity contribution in [1.29, 1.82) is 0 Å². The SMILES string of the molecule is CC(=O)Nc1ccc(O)c(SC[C@H](NC(=O)CC[C@H](N)C(=O)O)C(=O)O)c1. The molecule has 0 fully saturated rings. The molecule has 148 valence electrons. The Morgan fingerprint density at radius 2 is 1.85 bits per heavy atom. The Morgan fingerprint density at radius 1 is 1.19 bits per heavy atom. The van der Waals surface area contributed by atoms with Crippen LogP contribution in [0.1, 0.15) is 19.8 Å². The van der Waals surface area contributed by atoms with Gasteiger partial charge in [-0.3, -0.25) is 14.4 Å². The number of hydrogen-bond acceptors (Lipinski definition) is 7. The first-order chi connectivity index (χ1) is 12.6. The van der Waals surface area contributed by atoms with Crippen LogP contribution in [0.25, 0.3) is 0 Å². The number of carbonyl (C=O) groups excluding carboxylic acids is 2. The summed E-state index contributed by atoms with van der Waals surface area (Å²) in [5, 5.41) is 32.6. The molecule has 0 aromatic heterocycles. The number of hydrogen-bond donors (Lipinski definition) is 6. The van der Waals surface area contributed by atoms with Crippen LogP contribution < -0.4 is 16.4 Å². The van der Waals surface area contributed by atoms with Crippen LogP contribution >= 0.6 is 11.8 Å². The molecule has 2 amide bonds. The Balaban J connectivity index is 2.67. The highest BCUT2D eigenvalue weighted by molar-refractivity contribution is 7.99. The number of phenolic OH excluding ortho intramolecular Hbond substituents is 1. The fraction of sp³-hybridized carbons (Fsp3) is 0.375. The van der Waals surface area contributed by atoms with Crippen molar-refractivity contribution < 1.29 is 34.5 Å². The Kier molecular flexibility index (Phi) is 8.56. The smallest absolute Gasteiger partial charge is 0.327 e. The molecule has 0 aliphatic carbocycles. The van der Waals surface area contributed by atoms with E-state index in [-0.39, 0.29) is 30.3 Å². The third-order valence-electron chi connectivity index (χ3n) is 3.32. The number of rotatable bonds is 10. The summed E-state index contributed by atoms with van der Waals surface area (Å²) in [6, 6.07) is 1.86. The van der Waals surface area contributed by atoms with Crippen LogP contribution in [0, 0.1) is 0 Å². The highest BCUT2D eigenvalue weighted by Crippen LogP contribution is 2.31. The summed E-state index contributed by atoms with van der Waals surface area (Å²) in [5.74, 6) is -3.67. The number of thioether (sulfide) groups is 1. The molecule has 0 heterocycles. The van der Waals surface area contributed by atoms with Crippen LogP contribution in [-0.2, 0) is 19.2 Å². The molecule has 0 saturated heterocycles. The predicted molar refractivity (Wildman–Crippen MR) is 97.5 cm³/mol. The molecule has 1 aromatic rings. The Bertz CT molecular complexity index is 726. The standard InChI is InChI=1S/C16H21N3O7S/c1-8(20)18-9-2-4-12(21)13(6-9)27-7-11(16(25)26)19-14(22)5-3-10(17)15(23)24/h2,4,6,10-11,21H,3,5,7,17H2,1H3,(H,18,20)(H,19,22)(H,23,24)(H,25,26)/t10-,11-/m0/s1. The number of anilines is 1. The van der Waals surface area contributed by atoms with Crippen molar-refractivity contribution in [2.45, 2.75) is 36.7 Å². The molecule has 0 radical (unpaired) electrons. The summed E-state index contributed by atoms with van der Waals surface area (Å²) in [6.07, 6.45) is -0.356. The molecule has 1 rings (SSSR count). The quantitative estimate of drug-likeness (QED) is 0.237. The average Bonchev–Trinajstić information content (AvgIpc) is 2.57. The molecule has 0 bridgehead atoms. The first-order valence-corrected chi connectivity index (χ1v) is 8.82. The van der Waals surface area contributed by atoms with E-state index < -0.39 is 29.9 Å². The van der Waals surface area contributed by atoms with Crippen molar-refractivity contribution in [1.82, 2.24) is 5.32 Å². The largest absolute Gasteiger partial charge is 0.507 e. The summed E-state index contributed by atoms with van der Waals surface area (Å²) < 4.78 is 0. The molecule has 10 nitrogen and oxygen atoms in total. The monoisotopic (exact) mass is 399 g/mol. The molecule has 11 heteroatoms. The van der Waals surface area contributed by atoms with Gasteiger partial charge in [0.1, 0.15) is 17.8 Å². The lowest BCUT2D eigenvalue weighted by atomic mass is 10.1. The fourth-order valence-corrected chi connectivity index (χ4v) is 2.93. The minimum Gasteiger partial charge on any atom is -0.507 e. The van der Waals surface area contributed by atoms with E-state index in [0.717, 1.165) is 11.8 Å². The highest BCUT2D eigenvalue weighted by atomic mass is 32.2. The van der Waals surface area contributed by atoms with E-state index in [1.54, 1.807) is 0 Å². The molecule has 0 aliphatic rings. The van der Waals surface area contributed by atoms with Crippen molar-refractivity contribution in [3.05, 3.63) is 18.2 Å². The zero-order valence-electron chi connectivity index (χ0n) is 14.5. The van der Waals surface area contributed by atoms with Gasteiger partial charge in [-0.25, -0.2) is 4.79 Å². The number of carboxylic acid groups (broad SMARTS) is 2. The van der Waals surface area contributed by atoms with Crippen LogP contribution in [0.5, 0.6) is 5.75 Å². The maximum absolute atomic E-state index is 11.8. The Morgan fingerprint density at radius 3 is 2.41 bits per heavy atom. The first kappa shape index (κ1) is 22.3. The van der Waals surface area contributed by atoms with Gasteiger partial charge in [0.2, 0.25) is 11.8 Å². The Labute approximate surface area is 159 Å². The third-order valence-corrected chi connectivity index (χ3v) is 4.46. The molecule has 2 atom stereocenters. The molecule has 27 heavy (non-hydrogen) atoms. The molecular formula is C16H21N3O7S. The minimum atomic E-state index is -1.28. The number of phenols is 1. The van der Waals surface area contributed by atoms with Crippen LogP contribution in [0.15, 0.2) is 23.1 Å². The van der Waals surface area contributed by atoms with Gasteiger partial charge in [0.25, 0.3) is 0 Å². The summed E-state index contributed by atoms with van der Waals surface area (Å²) in [4.78, 5) is 45.2. The second-order valence-corrected chi connectivity index (χ2v) is 6.68. The van der Waals surface area contributed by atoms with E-state index in [4.69, 9.17) is 10.8 Å². The molecule has 1 aromatic carbocycles. The van der Waals surface area contributed by atoms with Gasteiger partial charge in [0, 0.05) is 24.8 Å².